The molecule has 4 rings (SSSR count). The van der Waals surface area contributed by atoms with Crippen LogP contribution in [0.3, 0.4) is 0 Å². The second-order valence-electron chi connectivity index (χ2n) is 7.37. The van der Waals surface area contributed by atoms with Crippen molar-refractivity contribution in [3.05, 3.63) is 84.3 Å². The number of hydrogen-bond donors (Lipinski definition) is 3. The maximum absolute atomic E-state index is 12.4. The van der Waals surface area contributed by atoms with E-state index in [1.165, 1.54) is 24.3 Å². The number of amides is 2. The lowest BCUT2D eigenvalue weighted by Crippen LogP contribution is -2.14. The number of pyridine rings is 1. The second kappa shape index (κ2) is 9.78. The molecule has 0 radical (unpaired) electrons. The fourth-order valence-corrected chi connectivity index (χ4v) is 3.57. The van der Waals surface area contributed by atoms with Crippen LogP contribution in [0.2, 0.25) is 0 Å². The van der Waals surface area contributed by atoms with Crippen molar-refractivity contribution in [2.45, 2.75) is 19.3 Å². The molecular weight excluding hydrogens is 404 g/mol. The third-order valence-corrected chi connectivity index (χ3v) is 5.18. The fraction of sp³-hybridized carbons (Fsp3) is 0.160. The molecule has 3 N–H and O–H groups in total. The number of para-hydroxylation sites is 1. The molecule has 0 saturated heterocycles. The van der Waals surface area contributed by atoms with Gasteiger partial charge in [0.15, 0.2) is 0 Å². The number of benzene rings is 2. The summed E-state index contributed by atoms with van der Waals surface area (Å²) in [5.74, 6) is 0.100. The number of hydrogen-bond acceptors (Lipinski definition) is 4. The quantitative estimate of drug-likeness (QED) is 0.376. The van der Waals surface area contributed by atoms with E-state index in [1.54, 1.807) is 36.5 Å². The fourth-order valence-electron chi connectivity index (χ4n) is 3.57. The Labute approximate surface area is 185 Å². The van der Waals surface area contributed by atoms with E-state index in [0.717, 1.165) is 18.4 Å². The Hall–Kier alpha value is -4.13. The van der Waals surface area contributed by atoms with Gasteiger partial charge in [-0.3, -0.25) is 14.6 Å². The average Bonchev–Trinajstić information content (AvgIpc) is 3.23. The molecule has 0 spiro atoms. The lowest BCUT2D eigenvalue weighted by molar-refractivity contribution is -0.116. The molecule has 7 heteroatoms. The summed E-state index contributed by atoms with van der Waals surface area (Å²) in [6.45, 7) is 0. The summed E-state index contributed by atoms with van der Waals surface area (Å²) in [6.07, 6.45) is 7.07. The Morgan fingerprint density at radius 2 is 1.94 bits per heavy atom. The summed E-state index contributed by atoms with van der Waals surface area (Å²) >= 11 is 0. The normalized spacial score (nSPS) is 10.7. The number of aromatic amines is 1. The number of H-pyrrole nitrogens is 1. The lowest BCUT2D eigenvalue weighted by atomic mass is 10.1. The highest BCUT2D eigenvalue weighted by Gasteiger charge is 2.12. The van der Waals surface area contributed by atoms with Gasteiger partial charge in [0.25, 0.3) is 5.91 Å². The van der Waals surface area contributed by atoms with E-state index in [4.69, 9.17) is 4.74 Å². The minimum Gasteiger partial charge on any atom is -0.494 e. The van der Waals surface area contributed by atoms with Crippen molar-refractivity contribution in [1.29, 1.82) is 0 Å². The van der Waals surface area contributed by atoms with Crippen LogP contribution in [0.1, 0.15) is 28.8 Å². The van der Waals surface area contributed by atoms with Crippen LogP contribution in [0.25, 0.3) is 10.9 Å². The van der Waals surface area contributed by atoms with Gasteiger partial charge in [-0.15, -0.1) is 0 Å². The van der Waals surface area contributed by atoms with E-state index in [9.17, 15) is 9.59 Å². The Morgan fingerprint density at radius 1 is 1.06 bits per heavy atom. The van der Waals surface area contributed by atoms with Gasteiger partial charge >= 0.3 is 0 Å². The first-order valence-electron chi connectivity index (χ1n) is 10.4. The zero-order valence-electron chi connectivity index (χ0n) is 17.7. The van der Waals surface area contributed by atoms with Gasteiger partial charge in [-0.05, 0) is 48.7 Å². The Bertz CT molecular complexity index is 1230. The van der Waals surface area contributed by atoms with Crippen LogP contribution < -0.4 is 15.4 Å². The average molecular weight is 428 g/mol. The summed E-state index contributed by atoms with van der Waals surface area (Å²) in [5, 5.41) is 6.90. The van der Waals surface area contributed by atoms with Gasteiger partial charge in [-0.25, -0.2) is 0 Å². The first kappa shape index (κ1) is 21.1. The number of carbonyl (C=O) groups is 2. The molecule has 162 valence electrons. The van der Waals surface area contributed by atoms with Gasteiger partial charge in [-0.1, -0.05) is 18.2 Å². The molecule has 0 fully saturated rings. The molecule has 0 bridgehead atoms. The van der Waals surface area contributed by atoms with Gasteiger partial charge < -0.3 is 20.4 Å². The van der Waals surface area contributed by atoms with Crippen molar-refractivity contribution in [1.82, 2.24) is 9.97 Å². The molecule has 2 aromatic carbocycles. The largest absolute Gasteiger partial charge is 0.494 e. The van der Waals surface area contributed by atoms with Crippen LogP contribution in [-0.4, -0.2) is 28.9 Å². The number of rotatable bonds is 8. The van der Waals surface area contributed by atoms with E-state index in [-0.39, 0.29) is 11.8 Å². The van der Waals surface area contributed by atoms with Gasteiger partial charge in [-0.2, -0.15) is 0 Å². The third-order valence-electron chi connectivity index (χ3n) is 5.18. The SMILES string of the molecule is COc1cc(NC(=O)CCCc2c[nH]c3ccccc23)ccc1NC(=O)c1cccnc1. The topological polar surface area (TPSA) is 96.1 Å². The number of ether oxygens (including phenoxy) is 1. The number of fused-ring (bicyclic) bond motifs is 1. The molecule has 4 aromatic rings. The summed E-state index contributed by atoms with van der Waals surface area (Å²) in [4.78, 5) is 32.0. The van der Waals surface area contributed by atoms with Gasteiger partial charge in [0.05, 0.1) is 18.4 Å². The zero-order chi connectivity index (χ0) is 22.3. The maximum Gasteiger partial charge on any atom is 0.257 e. The predicted molar refractivity (Wildman–Crippen MR) is 125 cm³/mol. The number of carbonyl (C=O) groups excluding carboxylic acids is 2. The summed E-state index contributed by atoms with van der Waals surface area (Å²) < 4.78 is 5.39. The number of methoxy groups -OCH3 is 1. The summed E-state index contributed by atoms with van der Waals surface area (Å²) in [5.41, 5.74) is 3.89. The number of nitrogens with one attached hydrogen (secondary N) is 3. The predicted octanol–water partition coefficient (Wildman–Crippen LogP) is 4.79. The zero-order valence-corrected chi connectivity index (χ0v) is 17.7. The van der Waals surface area contributed by atoms with Gasteiger partial charge in [0, 0.05) is 47.7 Å². The summed E-state index contributed by atoms with van der Waals surface area (Å²) in [7, 11) is 1.52. The molecule has 0 saturated carbocycles. The first-order valence-corrected chi connectivity index (χ1v) is 10.4. The van der Waals surface area contributed by atoms with E-state index < -0.39 is 0 Å². The monoisotopic (exact) mass is 428 g/mol. The van der Waals surface area contributed by atoms with Gasteiger partial charge in [0.1, 0.15) is 5.75 Å². The van der Waals surface area contributed by atoms with E-state index >= 15 is 0 Å². The number of aromatic nitrogens is 2. The second-order valence-corrected chi connectivity index (χ2v) is 7.37. The standard InChI is InChI=1S/C25H24N4O3/c1-32-23-14-19(11-12-22(23)29-25(31)18-7-5-13-26-15-18)28-24(30)10-4-6-17-16-27-21-9-3-2-8-20(17)21/h2-3,5,7-9,11-16,27H,4,6,10H2,1H3,(H,28,30)(H,29,31). The maximum atomic E-state index is 12.4. The highest BCUT2D eigenvalue weighted by molar-refractivity contribution is 6.05. The minimum absolute atomic E-state index is 0.0703. The van der Waals surface area contributed by atoms with E-state index in [1.807, 2.05) is 24.4 Å². The van der Waals surface area contributed by atoms with Crippen LogP contribution in [0.5, 0.6) is 5.75 Å². The molecule has 0 aliphatic rings. The molecule has 2 heterocycles. The van der Waals surface area contributed by atoms with Crippen molar-refractivity contribution in [2.75, 3.05) is 17.7 Å². The highest BCUT2D eigenvalue weighted by Crippen LogP contribution is 2.28. The van der Waals surface area contributed by atoms with Crippen molar-refractivity contribution in [2.24, 2.45) is 0 Å². The number of aryl methyl sites for hydroxylation is 1. The molecule has 0 unspecified atom stereocenters. The Morgan fingerprint density at radius 3 is 2.75 bits per heavy atom. The Balaban J connectivity index is 1.33. The van der Waals surface area contributed by atoms with E-state index in [0.29, 0.717) is 29.1 Å². The van der Waals surface area contributed by atoms with Crippen LogP contribution in [0.15, 0.2) is 73.2 Å². The highest BCUT2D eigenvalue weighted by atomic mass is 16.5. The Kier molecular flexibility index (Phi) is 6.46. The molecule has 2 aromatic heterocycles. The van der Waals surface area contributed by atoms with Gasteiger partial charge in [0.2, 0.25) is 5.91 Å². The van der Waals surface area contributed by atoms with Crippen LogP contribution in [-0.2, 0) is 11.2 Å². The molecular formula is C25H24N4O3. The number of nitrogens with zero attached hydrogens (tertiary/aromatic N) is 1. The van der Waals surface area contributed by atoms with Crippen molar-refractivity contribution < 1.29 is 14.3 Å². The van der Waals surface area contributed by atoms with Crippen molar-refractivity contribution in [3.63, 3.8) is 0 Å². The molecule has 0 aliphatic heterocycles. The van der Waals surface area contributed by atoms with Crippen molar-refractivity contribution >= 4 is 34.1 Å². The smallest absolute Gasteiger partial charge is 0.257 e. The van der Waals surface area contributed by atoms with Crippen LogP contribution in [0.4, 0.5) is 11.4 Å². The van der Waals surface area contributed by atoms with Crippen molar-refractivity contribution in [3.8, 4) is 5.75 Å². The molecule has 0 atom stereocenters. The first-order chi connectivity index (χ1) is 15.6. The number of anilines is 2. The summed E-state index contributed by atoms with van der Waals surface area (Å²) in [6, 6.07) is 16.7. The van der Waals surface area contributed by atoms with Crippen LogP contribution >= 0.6 is 0 Å². The molecule has 2 amide bonds. The molecule has 32 heavy (non-hydrogen) atoms. The van der Waals surface area contributed by atoms with Crippen LogP contribution in [0, 0.1) is 0 Å². The molecule has 0 aliphatic carbocycles. The van der Waals surface area contributed by atoms with E-state index in [2.05, 4.69) is 26.7 Å². The molecule has 7 nitrogen and oxygen atoms in total. The minimum atomic E-state index is -0.287. The lowest BCUT2D eigenvalue weighted by Gasteiger charge is -2.13. The third kappa shape index (κ3) is 4.95.